The molecule has 1 heterocycles. The number of rotatable bonds is 3. The van der Waals surface area contributed by atoms with Gasteiger partial charge in [0.25, 0.3) is 0 Å². The van der Waals surface area contributed by atoms with Gasteiger partial charge >= 0.3 is 11.6 Å². The first-order chi connectivity index (χ1) is 9.38. The maximum absolute atomic E-state index is 11.1. The maximum Gasteiger partial charge on any atom is 0.352 e. The number of nitro groups is 1. The topological polar surface area (TPSA) is 78.2 Å². The summed E-state index contributed by atoms with van der Waals surface area (Å²) in [5.41, 5.74) is -0.178. The Kier molecular flexibility index (Phi) is 4.56. The number of nitrogens with zero attached hydrogens (tertiary/aromatic N) is 3. The molecule has 104 valence electrons. The van der Waals surface area contributed by atoms with Crippen molar-refractivity contribution in [2.75, 3.05) is 0 Å². The molecular formula is C11H6Br2ClN3O3. The molecule has 1 aromatic carbocycles. The molecule has 0 aliphatic heterocycles. The molecule has 1 aromatic heterocycles. The van der Waals surface area contributed by atoms with Crippen molar-refractivity contribution in [3.05, 3.63) is 48.2 Å². The minimum Gasteiger partial charge on any atom is -0.432 e. The smallest absolute Gasteiger partial charge is 0.352 e. The molecule has 0 unspecified atom stereocenters. The highest BCUT2D eigenvalue weighted by atomic mass is 79.9. The first-order valence-corrected chi connectivity index (χ1v) is 7.16. The van der Waals surface area contributed by atoms with Crippen LogP contribution in [0.4, 0.5) is 5.69 Å². The minimum atomic E-state index is -0.603. The second kappa shape index (κ2) is 6.02. The summed E-state index contributed by atoms with van der Waals surface area (Å²) in [6.07, 6.45) is 0. The highest BCUT2D eigenvalue weighted by Crippen LogP contribution is 2.36. The van der Waals surface area contributed by atoms with Gasteiger partial charge in [0.15, 0.2) is 0 Å². The SMILES string of the molecule is Cc1nc(Cl)nc(Oc2ccc(Br)cc2Br)c1[N+](=O)[O-]. The van der Waals surface area contributed by atoms with Gasteiger partial charge in [-0.05, 0) is 52.7 Å². The minimum absolute atomic E-state index is 0.115. The summed E-state index contributed by atoms with van der Waals surface area (Å²) in [5.74, 6) is 0.181. The van der Waals surface area contributed by atoms with Crippen LogP contribution in [0, 0.1) is 17.0 Å². The first-order valence-electron chi connectivity index (χ1n) is 5.20. The zero-order valence-corrected chi connectivity index (χ0v) is 13.9. The first kappa shape index (κ1) is 15.1. The quantitative estimate of drug-likeness (QED) is 0.407. The normalized spacial score (nSPS) is 10.4. The molecule has 0 spiro atoms. The number of hydrogen-bond donors (Lipinski definition) is 0. The fourth-order valence-corrected chi connectivity index (χ4v) is 2.78. The molecule has 20 heavy (non-hydrogen) atoms. The second-order valence-corrected chi connectivity index (χ2v) is 5.77. The van der Waals surface area contributed by atoms with Gasteiger partial charge < -0.3 is 4.74 Å². The van der Waals surface area contributed by atoms with Gasteiger partial charge in [-0.3, -0.25) is 10.1 Å². The lowest BCUT2D eigenvalue weighted by atomic mass is 10.3. The summed E-state index contributed by atoms with van der Waals surface area (Å²) < 4.78 is 6.93. The van der Waals surface area contributed by atoms with Crippen molar-refractivity contribution in [3.8, 4) is 11.6 Å². The standard InChI is InChI=1S/C11H6Br2ClN3O3/c1-5-9(17(18)19)10(16-11(14)15-5)20-8-3-2-6(12)4-7(8)13/h2-4H,1H3. The summed E-state index contributed by atoms with van der Waals surface area (Å²) in [6.45, 7) is 1.47. The van der Waals surface area contributed by atoms with Crippen LogP contribution in [0.25, 0.3) is 0 Å². The molecule has 0 fully saturated rings. The zero-order valence-electron chi connectivity index (χ0n) is 9.93. The van der Waals surface area contributed by atoms with Crippen molar-refractivity contribution in [3.63, 3.8) is 0 Å². The predicted molar refractivity (Wildman–Crippen MR) is 80.3 cm³/mol. The molecule has 2 aromatic rings. The lowest BCUT2D eigenvalue weighted by Crippen LogP contribution is -2.01. The molecule has 0 aliphatic rings. The van der Waals surface area contributed by atoms with Crippen LogP contribution >= 0.6 is 43.5 Å². The number of ether oxygens (including phenoxy) is 1. The molecule has 0 radical (unpaired) electrons. The van der Waals surface area contributed by atoms with Gasteiger partial charge in [-0.25, -0.2) is 4.98 Å². The highest BCUT2D eigenvalue weighted by molar-refractivity contribution is 9.11. The molecule has 9 heteroatoms. The van der Waals surface area contributed by atoms with Gasteiger partial charge in [0, 0.05) is 4.47 Å². The Labute approximate surface area is 135 Å². The Morgan fingerprint density at radius 3 is 2.65 bits per heavy atom. The van der Waals surface area contributed by atoms with Gasteiger partial charge in [0.2, 0.25) is 5.28 Å². The second-order valence-electron chi connectivity index (χ2n) is 3.67. The Bertz CT molecular complexity index is 697. The van der Waals surface area contributed by atoms with E-state index in [1.54, 1.807) is 18.2 Å². The van der Waals surface area contributed by atoms with E-state index in [-0.39, 0.29) is 22.5 Å². The van der Waals surface area contributed by atoms with Crippen molar-refractivity contribution < 1.29 is 9.66 Å². The van der Waals surface area contributed by atoms with Crippen molar-refractivity contribution in [2.24, 2.45) is 0 Å². The summed E-state index contributed by atoms with van der Waals surface area (Å²) in [6, 6.07) is 5.13. The van der Waals surface area contributed by atoms with Crippen LogP contribution in [-0.2, 0) is 0 Å². The predicted octanol–water partition coefficient (Wildman–Crippen LogP) is 4.66. The summed E-state index contributed by atoms with van der Waals surface area (Å²) >= 11 is 12.3. The number of aromatic nitrogens is 2. The number of halogens is 3. The van der Waals surface area contributed by atoms with Crippen LogP contribution in [0.15, 0.2) is 27.1 Å². The van der Waals surface area contributed by atoms with Gasteiger partial charge in [-0.15, -0.1) is 0 Å². The van der Waals surface area contributed by atoms with E-state index in [1.165, 1.54) is 6.92 Å². The third-order valence-electron chi connectivity index (χ3n) is 2.28. The molecule has 0 saturated heterocycles. The van der Waals surface area contributed by atoms with Crippen LogP contribution < -0.4 is 4.74 Å². The van der Waals surface area contributed by atoms with E-state index >= 15 is 0 Å². The van der Waals surface area contributed by atoms with Gasteiger partial charge in [0.1, 0.15) is 11.4 Å². The monoisotopic (exact) mass is 421 g/mol. The summed E-state index contributed by atoms with van der Waals surface area (Å²) in [7, 11) is 0. The molecule has 0 N–H and O–H groups in total. The van der Waals surface area contributed by atoms with Crippen LogP contribution in [0.3, 0.4) is 0 Å². The Balaban J connectivity index is 2.50. The van der Waals surface area contributed by atoms with E-state index in [2.05, 4.69) is 41.8 Å². The van der Waals surface area contributed by atoms with Crippen molar-refractivity contribution in [2.45, 2.75) is 6.92 Å². The van der Waals surface area contributed by atoms with Crippen molar-refractivity contribution >= 4 is 49.1 Å². The Hall–Kier alpha value is -1.25. The maximum atomic E-state index is 11.1. The van der Waals surface area contributed by atoms with E-state index in [9.17, 15) is 10.1 Å². The molecule has 6 nitrogen and oxygen atoms in total. The molecule has 0 bridgehead atoms. The van der Waals surface area contributed by atoms with Gasteiger partial charge in [0.05, 0.1) is 9.40 Å². The van der Waals surface area contributed by atoms with Crippen LogP contribution in [0.2, 0.25) is 5.28 Å². The molecule has 0 saturated carbocycles. The molecule has 2 rings (SSSR count). The Morgan fingerprint density at radius 2 is 2.05 bits per heavy atom. The lowest BCUT2D eigenvalue weighted by molar-refractivity contribution is -0.386. The largest absolute Gasteiger partial charge is 0.432 e. The van der Waals surface area contributed by atoms with Crippen LogP contribution in [-0.4, -0.2) is 14.9 Å². The van der Waals surface area contributed by atoms with Gasteiger partial charge in [-0.1, -0.05) is 15.9 Å². The van der Waals surface area contributed by atoms with Crippen molar-refractivity contribution in [1.82, 2.24) is 9.97 Å². The average Bonchev–Trinajstić information content (AvgIpc) is 2.31. The van der Waals surface area contributed by atoms with Crippen LogP contribution in [0.5, 0.6) is 11.6 Å². The third-order valence-corrected chi connectivity index (χ3v) is 3.56. The third kappa shape index (κ3) is 3.25. The van der Waals surface area contributed by atoms with E-state index in [0.29, 0.717) is 10.2 Å². The van der Waals surface area contributed by atoms with Gasteiger partial charge in [-0.2, -0.15) is 4.98 Å². The van der Waals surface area contributed by atoms with E-state index in [0.717, 1.165) is 4.47 Å². The number of aryl methyl sites for hydroxylation is 1. The van der Waals surface area contributed by atoms with Crippen molar-refractivity contribution in [1.29, 1.82) is 0 Å². The van der Waals surface area contributed by atoms with E-state index in [1.807, 2.05) is 0 Å². The fourth-order valence-electron chi connectivity index (χ4n) is 1.45. The number of hydrogen-bond acceptors (Lipinski definition) is 5. The van der Waals surface area contributed by atoms with Crippen LogP contribution in [0.1, 0.15) is 5.69 Å². The number of benzene rings is 1. The van der Waals surface area contributed by atoms with E-state index in [4.69, 9.17) is 16.3 Å². The average molecular weight is 423 g/mol. The highest BCUT2D eigenvalue weighted by Gasteiger charge is 2.24. The Morgan fingerprint density at radius 1 is 1.35 bits per heavy atom. The lowest BCUT2D eigenvalue weighted by Gasteiger charge is -2.08. The molecule has 0 amide bonds. The molecule has 0 atom stereocenters. The molecular weight excluding hydrogens is 417 g/mol. The van der Waals surface area contributed by atoms with E-state index < -0.39 is 4.92 Å². The zero-order chi connectivity index (χ0) is 14.9. The summed E-state index contributed by atoms with van der Waals surface area (Å²) in [5, 5.41) is 11.0. The summed E-state index contributed by atoms with van der Waals surface area (Å²) in [4.78, 5) is 18.0. The fraction of sp³-hybridized carbons (Fsp3) is 0.0909. The molecule has 0 aliphatic carbocycles.